The molecular formula is C21H24N2O6S. The number of esters is 2. The number of hydrogen-bond acceptors (Lipinski definition) is 8. The Hall–Kier alpha value is -3.07. The molecule has 8 nitrogen and oxygen atoms in total. The highest BCUT2D eigenvalue weighted by Gasteiger charge is 2.38. The Labute approximate surface area is 179 Å². The van der Waals surface area contributed by atoms with Crippen LogP contribution in [0.2, 0.25) is 0 Å². The first kappa shape index (κ1) is 23.2. The van der Waals surface area contributed by atoms with Crippen LogP contribution < -0.4 is 5.32 Å². The second-order valence-corrected chi connectivity index (χ2v) is 7.49. The Bertz CT molecular complexity index is 922. The van der Waals surface area contributed by atoms with Crippen molar-refractivity contribution in [3.05, 3.63) is 75.1 Å². The molecule has 0 amide bonds. The number of thioether (sulfide) groups is 1. The SMILES string of the molecule is C=CCOC(=O)C1=C(C)NC(C)=C(C(=O)OCCSC)[C@@H]1c1cccc([N+](=O)[O-])c1. The Balaban J connectivity index is 2.59. The van der Waals surface area contributed by atoms with Gasteiger partial charge in [0.25, 0.3) is 5.69 Å². The summed E-state index contributed by atoms with van der Waals surface area (Å²) >= 11 is 1.53. The maximum Gasteiger partial charge on any atom is 0.337 e. The van der Waals surface area contributed by atoms with Crippen LogP contribution in [0, 0.1) is 10.1 Å². The molecule has 1 aliphatic heterocycles. The van der Waals surface area contributed by atoms with E-state index in [1.54, 1.807) is 19.9 Å². The molecule has 9 heteroatoms. The molecule has 0 bridgehead atoms. The van der Waals surface area contributed by atoms with Crippen molar-refractivity contribution in [1.82, 2.24) is 5.32 Å². The molecular weight excluding hydrogens is 408 g/mol. The minimum atomic E-state index is -0.870. The highest BCUT2D eigenvalue weighted by atomic mass is 32.2. The minimum absolute atomic E-state index is 0.00648. The first-order valence-corrected chi connectivity index (χ1v) is 10.6. The van der Waals surface area contributed by atoms with Gasteiger partial charge in [0, 0.05) is 29.3 Å². The second kappa shape index (κ2) is 10.6. The highest BCUT2D eigenvalue weighted by Crippen LogP contribution is 2.40. The van der Waals surface area contributed by atoms with Crippen molar-refractivity contribution in [3.8, 4) is 0 Å². The maximum atomic E-state index is 12.9. The van der Waals surface area contributed by atoms with Gasteiger partial charge in [0.1, 0.15) is 13.2 Å². The number of nitrogens with zero attached hydrogens (tertiary/aromatic N) is 1. The molecule has 30 heavy (non-hydrogen) atoms. The largest absolute Gasteiger partial charge is 0.461 e. The van der Waals surface area contributed by atoms with E-state index >= 15 is 0 Å². The molecule has 2 rings (SSSR count). The van der Waals surface area contributed by atoms with Gasteiger partial charge in [0.15, 0.2) is 0 Å². The van der Waals surface area contributed by atoms with Crippen molar-refractivity contribution in [2.45, 2.75) is 19.8 Å². The highest BCUT2D eigenvalue weighted by molar-refractivity contribution is 7.98. The summed E-state index contributed by atoms with van der Waals surface area (Å²) in [5.74, 6) is -1.48. The molecule has 0 unspecified atom stereocenters. The van der Waals surface area contributed by atoms with E-state index in [0.29, 0.717) is 22.7 Å². The van der Waals surface area contributed by atoms with Crippen LogP contribution in [-0.2, 0) is 19.1 Å². The standard InChI is InChI=1S/C21H24N2O6S/c1-5-9-28-20(24)17-13(2)22-14(3)18(21(25)29-10-11-30-4)19(17)15-7-6-8-16(12-15)23(26)27/h5-8,12,19,22H,1,9-11H2,2-4H3/t19-/m1/s1. The number of non-ortho nitro benzene ring substituents is 1. The molecule has 1 aromatic rings. The number of nitrogens with one attached hydrogen (secondary N) is 1. The van der Waals surface area contributed by atoms with Crippen LogP contribution in [0.1, 0.15) is 25.3 Å². The topological polar surface area (TPSA) is 108 Å². The van der Waals surface area contributed by atoms with Crippen molar-refractivity contribution in [1.29, 1.82) is 0 Å². The van der Waals surface area contributed by atoms with Gasteiger partial charge in [-0.2, -0.15) is 11.8 Å². The van der Waals surface area contributed by atoms with Crippen molar-refractivity contribution in [2.75, 3.05) is 25.2 Å². The zero-order valence-electron chi connectivity index (χ0n) is 17.1. The van der Waals surface area contributed by atoms with Crippen molar-refractivity contribution >= 4 is 29.4 Å². The van der Waals surface area contributed by atoms with Crippen LogP contribution >= 0.6 is 11.8 Å². The number of carbonyl (C=O) groups is 2. The van der Waals surface area contributed by atoms with Gasteiger partial charge in [-0.15, -0.1) is 0 Å². The smallest absolute Gasteiger partial charge is 0.337 e. The van der Waals surface area contributed by atoms with Gasteiger partial charge in [-0.25, -0.2) is 9.59 Å². The molecule has 1 atom stereocenters. The van der Waals surface area contributed by atoms with Crippen LogP contribution in [-0.4, -0.2) is 42.1 Å². The number of ether oxygens (including phenoxy) is 2. The molecule has 160 valence electrons. The third-order valence-corrected chi connectivity index (χ3v) is 5.04. The number of nitro groups is 1. The first-order chi connectivity index (χ1) is 14.3. The summed E-state index contributed by atoms with van der Waals surface area (Å²) in [6, 6.07) is 5.86. The van der Waals surface area contributed by atoms with Crippen LogP contribution in [0.4, 0.5) is 5.69 Å². The fourth-order valence-electron chi connectivity index (χ4n) is 3.19. The quantitative estimate of drug-likeness (QED) is 0.208. The van der Waals surface area contributed by atoms with E-state index in [4.69, 9.17) is 9.47 Å². The van der Waals surface area contributed by atoms with Crippen LogP contribution in [0.3, 0.4) is 0 Å². The van der Waals surface area contributed by atoms with E-state index in [-0.39, 0.29) is 30.0 Å². The average Bonchev–Trinajstić information content (AvgIpc) is 2.71. The van der Waals surface area contributed by atoms with E-state index in [1.807, 2.05) is 6.26 Å². The molecule has 1 heterocycles. The van der Waals surface area contributed by atoms with Gasteiger partial charge < -0.3 is 14.8 Å². The van der Waals surface area contributed by atoms with Crippen LogP contribution in [0.5, 0.6) is 0 Å². The van der Waals surface area contributed by atoms with Gasteiger partial charge in [-0.1, -0.05) is 24.8 Å². The van der Waals surface area contributed by atoms with E-state index in [1.165, 1.54) is 36.0 Å². The summed E-state index contributed by atoms with van der Waals surface area (Å²) in [6.07, 6.45) is 3.33. The number of allylic oxidation sites excluding steroid dienone is 2. The van der Waals surface area contributed by atoms with Crippen molar-refractivity contribution in [3.63, 3.8) is 0 Å². The fraction of sp³-hybridized carbons (Fsp3) is 0.333. The molecule has 1 N–H and O–H groups in total. The zero-order valence-corrected chi connectivity index (χ0v) is 17.9. The average molecular weight is 432 g/mol. The first-order valence-electron chi connectivity index (χ1n) is 9.18. The Morgan fingerprint density at radius 1 is 1.23 bits per heavy atom. The molecule has 1 aliphatic rings. The molecule has 0 fully saturated rings. The monoisotopic (exact) mass is 432 g/mol. The molecule has 0 saturated heterocycles. The number of dihydropyridines is 1. The third-order valence-electron chi connectivity index (χ3n) is 4.47. The predicted octanol–water partition coefficient (Wildman–Crippen LogP) is 3.47. The number of rotatable bonds is 9. The van der Waals surface area contributed by atoms with E-state index in [2.05, 4.69) is 11.9 Å². The normalized spacial score (nSPS) is 16.0. The molecule has 0 radical (unpaired) electrons. The lowest BCUT2D eigenvalue weighted by molar-refractivity contribution is -0.384. The molecule has 0 spiro atoms. The number of hydrogen-bond donors (Lipinski definition) is 1. The van der Waals surface area contributed by atoms with Gasteiger partial charge in [-0.05, 0) is 25.7 Å². The molecule has 1 aromatic carbocycles. The van der Waals surface area contributed by atoms with Crippen molar-refractivity contribution < 1.29 is 24.0 Å². The predicted molar refractivity (Wildman–Crippen MR) is 115 cm³/mol. The molecule has 0 aromatic heterocycles. The lowest BCUT2D eigenvalue weighted by Crippen LogP contribution is -2.32. The molecule has 0 saturated carbocycles. The van der Waals surface area contributed by atoms with E-state index in [9.17, 15) is 19.7 Å². The molecule has 0 aliphatic carbocycles. The fourth-order valence-corrected chi connectivity index (χ4v) is 3.44. The van der Waals surface area contributed by atoms with Gasteiger partial charge in [-0.3, -0.25) is 10.1 Å². The van der Waals surface area contributed by atoms with E-state index in [0.717, 1.165) is 0 Å². The summed E-state index contributed by atoms with van der Waals surface area (Å²) in [5.41, 5.74) is 1.70. The minimum Gasteiger partial charge on any atom is -0.461 e. The van der Waals surface area contributed by atoms with Crippen molar-refractivity contribution in [2.24, 2.45) is 0 Å². The number of benzene rings is 1. The van der Waals surface area contributed by atoms with Gasteiger partial charge >= 0.3 is 11.9 Å². The van der Waals surface area contributed by atoms with Gasteiger partial charge in [0.2, 0.25) is 0 Å². The van der Waals surface area contributed by atoms with Crippen LogP contribution in [0.15, 0.2) is 59.5 Å². The second-order valence-electron chi connectivity index (χ2n) is 6.50. The zero-order chi connectivity index (χ0) is 22.3. The summed E-state index contributed by atoms with van der Waals surface area (Å²) in [7, 11) is 0. The Kier molecular flexibility index (Phi) is 8.23. The lowest BCUT2D eigenvalue weighted by Gasteiger charge is -2.30. The Morgan fingerprint density at radius 3 is 2.43 bits per heavy atom. The number of nitro benzene ring substituents is 1. The van der Waals surface area contributed by atoms with Gasteiger partial charge in [0.05, 0.1) is 22.0 Å². The maximum absolute atomic E-state index is 12.9. The summed E-state index contributed by atoms with van der Waals surface area (Å²) in [6.45, 7) is 7.12. The Morgan fingerprint density at radius 2 is 1.87 bits per heavy atom. The van der Waals surface area contributed by atoms with Crippen LogP contribution in [0.25, 0.3) is 0 Å². The summed E-state index contributed by atoms with van der Waals surface area (Å²) < 4.78 is 10.6. The summed E-state index contributed by atoms with van der Waals surface area (Å²) in [5, 5.41) is 14.3. The lowest BCUT2D eigenvalue weighted by atomic mass is 9.80. The number of carbonyl (C=O) groups excluding carboxylic acids is 2. The third kappa shape index (κ3) is 5.29. The summed E-state index contributed by atoms with van der Waals surface area (Å²) in [4.78, 5) is 36.5. The van der Waals surface area contributed by atoms with E-state index < -0.39 is 22.8 Å².